The van der Waals surface area contributed by atoms with Crippen molar-refractivity contribution in [2.24, 2.45) is 0 Å². The zero-order valence-corrected chi connectivity index (χ0v) is 40.9. The molecule has 13 nitrogen and oxygen atoms in total. The van der Waals surface area contributed by atoms with Gasteiger partial charge >= 0.3 is 36.4 Å². The number of anilines is 2. The van der Waals surface area contributed by atoms with Crippen molar-refractivity contribution in [1.29, 1.82) is 10.5 Å². The van der Waals surface area contributed by atoms with E-state index in [0.29, 0.717) is 16.7 Å². The van der Waals surface area contributed by atoms with E-state index < -0.39 is 65.9 Å². The van der Waals surface area contributed by atoms with Gasteiger partial charge in [0, 0.05) is 24.1 Å². The number of allylic oxidation sites excluding steroid dienone is 2. The van der Waals surface area contributed by atoms with Gasteiger partial charge in [0.15, 0.2) is 0 Å². The second-order valence-corrected chi connectivity index (χ2v) is 17.1. The highest BCUT2D eigenvalue weighted by molar-refractivity contribution is 9.09. The van der Waals surface area contributed by atoms with Gasteiger partial charge < -0.3 is 24.2 Å². The monoisotopic (exact) mass is 1060 g/mol. The zero-order chi connectivity index (χ0) is 52.5. The Morgan fingerprint density at radius 2 is 1.06 bits per heavy atom. The van der Waals surface area contributed by atoms with E-state index in [1.165, 1.54) is 46.2 Å². The fourth-order valence-electron chi connectivity index (χ4n) is 8.72. The Bertz CT molecular complexity index is 2620. The number of alkyl halides is 7. The normalized spacial score (nSPS) is 16.6. The summed E-state index contributed by atoms with van der Waals surface area (Å²) >= 11 is 3.38. The van der Waals surface area contributed by atoms with Crippen LogP contribution in [0.4, 0.5) is 47.3 Å². The van der Waals surface area contributed by atoms with E-state index in [4.69, 9.17) is 17.3 Å². The van der Waals surface area contributed by atoms with Crippen molar-refractivity contribution in [3.8, 4) is 12.1 Å². The number of nitrogens with zero attached hydrogens (tertiary/aromatic N) is 7. The van der Waals surface area contributed by atoms with Gasteiger partial charge in [-0.3, -0.25) is 9.80 Å². The number of esters is 2. The Balaban J connectivity index is 1.32. The summed E-state index contributed by atoms with van der Waals surface area (Å²) in [5.41, 5.74) is -1.12. The highest BCUT2D eigenvalue weighted by atomic mass is 79.9. The number of urea groups is 2. The van der Waals surface area contributed by atoms with Gasteiger partial charge in [-0.15, -0.1) is 0 Å². The standard InChI is InChI=1S/C51H47BBrF6N7O6/c1-4-71-46(67)42-40(28-52)65(38-12-6-10-36(26-38)50(54,55)56)48(69)63(44(42)34-18-14-32(30-60)15-19-34)24-8-22-62(3)23-9-25-64-45(35-20-16-33(31-61)17-21-35)43(47(68)72-5-2)41(29-53)66(49(64)70)39-13-7-11-37(27-39)51(57,58)59/h6-7,10-21,26-27,44-45H,4-5,8-9,22-25,28-29H2,1-3H3/t44-,45-/m1/s1. The fraction of sp³-hybridized carbons (Fsp3) is 0.333. The molecule has 0 saturated carbocycles. The molecule has 6 rings (SSSR count). The summed E-state index contributed by atoms with van der Waals surface area (Å²) in [5.74, 6) is -1.67. The average molecular weight is 1060 g/mol. The molecule has 21 heteroatoms. The summed E-state index contributed by atoms with van der Waals surface area (Å²) in [7, 11) is 7.99. The third-order valence-corrected chi connectivity index (χ3v) is 12.5. The molecule has 0 spiro atoms. The molecule has 0 N–H and O–H groups in total. The minimum atomic E-state index is -4.77. The lowest BCUT2D eigenvalue weighted by atomic mass is 9.87. The molecule has 0 fully saturated rings. The van der Waals surface area contributed by atoms with Crippen LogP contribution < -0.4 is 9.80 Å². The van der Waals surface area contributed by atoms with Gasteiger partial charge in [-0.1, -0.05) is 52.3 Å². The highest BCUT2D eigenvalue weighted by Crippen LogP contribution is 2.44. The zero-order valence-electron chi connectivity index (χ0n) is 39.3. The van der Waals surface area contributed by atoms with Crippen LogP contribution >= 0.6 is 15.9 Å². The van der Waals surface area contributed by atoms with Crippen LogP contribution in [0.3, 0.4) is 0 Å². The van der Waals surface area contributed by atoms with Gasteiger partial charge in [0.25, 0.3) is 0 Å². The number of hydrogen-bond donors (Lipinski definition) is 0. The topological polar surface area (TPSA) is 151 Å². The molecule has 0 unspecified atom stereocenters. The van der Waals surface area contributed by atoms with Gasteiger partial charge in [-0.05, 0) is 125 Å². The Hall–Kier alpha value is -7.10. The summed E-state index contributed by atoms with van der Waals surface area (Å²) < 4.78 is 95.1. The number of rotatable bonds is 18. The first-order valence-electron chi connectivity index (χ1n) is 22.6. The van der Waals surface area contributed by atoms with Crippen LogP contribution in [-0.2, 0) is 31.4 Å². The van der Waals surface area contributed by atoms with Crippen molar-refractivity contribution in [2.45, 2.75) is 57.4 Å². The maximum atomic E-state index is 14.8. The van der Waals surface area contributed by atoms with Gasteiger partial charge in [-0.2, -0.15) is 36.9 Å². The predicted molar refractivity (Wildman–Crippen MR) is 258 cm³/mol. The molecule has 0 bridgehead atoms. The smallest absolute Gasteiger partial charge is 0.416 e. The first-order valence-corrected chi connectivity index (χ1v) is 23.8. The lowest BCUT2D eigenvalue weighted by molar-refractivity contribution is -0.140. The van der Waals surface area contributed by atoms with Crippen LogP contribution in [0, 0.1) is 22.7 Å². The molecule has 0 saturated heterocycles. The summed E-state index contributed by atoms with van der Waals surface area (Å²) in [6.07, 6.45) is -9.51. The van der Waals surface area contributed by atoms with Gasteiger partial charge in [0.2, 0.25) is 0 Å². The first kappa shape index (κ1) is 54.2. The quantitative estimate of drug-likeness (QED) is 0.0411. The van der Waals surface area contributed by atoms with E-state index in [0.717, 1.165) is 46.2 Å². The maximum Gasteiger partial charge on any atom is 0.416 e. The molecule has 374 valence electrons. The number of hydrogen-bond acceptors (Lipinski definition) is 9. The molecule has 2 heterocycles. The molecule has 2 aliphatic heterocycles. The number of nitriles is 2. The number of amides is 4. The maximum absolute atomic E-state index is 14.8. The SMILES string of the molecule is [B]CC1=C(C(=O)OCC)[C@@H](c2ccc(C#N)cc2)N(CCCN(C)CCCN2C(=O)N(c3cccc(C(F)(F)F)c3)C(CBr)=C(C(=O)OCC)[C@H]2c2ccc(C#N)cc2)C(=O)N1c1cccc(C(F)(F)F)c1. The van der Waals surface area contributed by atoms with Crippen LogP contribution in [0.2, 0.25) is 6.32 Å². The van der Waals surface area contributed by atoms with E-state index in [1.54, 1.807) is 45.2 Å². The number of carbonyl (C=O) groups excluding carboxylic acids is 4. The second kappa shape index (κ2) is 23.4. The van der Waals surface area contributed by atoms with E-state index in [9.17, 15) is 56.0 Å². The van der Waals surface area contributed by atoms with Crippen LogP contribution in [0.5, 0.6) is 0 Å². The number of ether oxygens (including phenoxy) is 2. The van der Waals surface area contributed by atoms with Gasteiger partial charge in [0.05, 0.1) is 95.8 Å². The van der Waals surface area contributed by atoms with E-state index in [1.807, 2.05) is 17.0 Å². The third-order valence-electron chi connectivity index (χ3n) is 12.0. The van der Waals surface area contributed by atoms with Crippen LogP contribution in [0.15, 0.2) is 120 Å². The average Bonchev–Trinajstić information content (AvgIpc) is 3.36. The third kappa shape index (κ3) is 11.8. The van der Waals surface area contributed by atoms with Crippen molar-refractivity contribution in [3.63, 3.8) is 0 Å². The van der Waals surface area contributed by atoms with Crippen molar-refractivity contribution in [2.75, 3.05) is 61.6 Å². The summed E-state index contributed by atoms with van der Waals surface area (Å²) in [4.78, 5) is 64.2. The summed E-state index contributed by atoms with van der Waals surface area (Å²) in [6, 6.07) is 20.8. The minimum Gasteiger partial charge on any atom is -0.463 e. The Kier molecular flexibility index (Phi) is 17.6. The molecule has 0 aliphatic carbocycles. The van der Waals surface area contributed by atoms with Crippen LogP contribution in [0.1, 0.15) is 72.2 Å². The molecular weight excluding hydrogens is 1010 g/mol. The molecule has 72 heavy (non-hydrogen) atoms. The Morgan fingerprint density at radius 3 is 1.40 bits per heavy atom. The lowest BCUT2D eigenvalue weighted by Crippen LogP contribution is -2.52. The Labute approximate surface area is 422 Å². The van der Waals surface area contributed by atoms with Crippen molar-refractivity contribution in [1.82, 2.24) is 14.7 Å². The molecule has 4 aromatic carbocycles. The highest BCUT2D eigenvalue weighted by Gasteiger charge is 2.46. The molecule has 2 atom stereocenters. The predicted octanol–water partition coefficient (Wildman–Crippen LogP) is 10.5. The molecular formula is C51H47BBrF6N7O6. The summed E-state index contributed by atoms with van der Waals surface area (Å²) in [5, 5.41) is 18.9. The largest absolute Gasteiger partial charge is 0.463 e. The number of benzene rings is 4. The second-order valence-electron chi connectivity index (χ2n) is 16.5. The molecule has 0 aromatic heterocycles. The number of carbonyl (C=O) groups is 4. The van der Waals surface area contributed by atoms with Gasteiger partial charge in [-0.25, -0.2) is 19.2 Å². The van der Waals surface area contributed by atoms with Crippen LogP contribution in [-0.4, -0.2) is 98.3 Å². The fourth-order valence-corrected chi connectivity index (χ4v) is 9.27. The van der Waals surface area contributed by atoms with E-state index in [2.05, 4.69) is 15.9 Å². The van der Waals surface area contributed by atoms with E-state index in [-0.39, 0.29) is 97.0 Å². The van der Waals surface area contributed by atoms with Crippen LogP contribution in [0.25, 0.3) is 0 Å². The van der Waals surface area contributed by atoms with Gasteiger partial charge in [0.1, 0.15) is 0 Å². The Morgan fingerprint density at radius 1 is 0.667 bits per heavy atom. The number of halogens is 7. The molecule has 2 aliphatic rings. The lowest BCUT2D eigenvalue weighted by Gasteiger charge is -2.44. The van der Waals surface area contributed by atoms with Crippen molar-refractivity contribution < 1.29 is 55.0 Å². The minimum absolute atomic E-state index is 0.0139. The van der Waals surface area contributed by atoms with Crippen molar-refractivity contribution in [3.05, 3.63) is 153 Å². The summed E-state index contributed by atoms with van der Waals surface area (Å²) in [6.45, 7) is 3.46. The first-order chi connectivity index (χ1) is 34.3. The molecule has 4 aromatic rings. The molecule has 4 amide bonds. The van der Waals surface area contributed by atoms with E-state index >= 15 is 0 Å². The van der Waals surface area contributed by atoms with Crippen molar-refractivity contribution >= 4 is 59.2 Å². The molecule has 2 radical (unpaired) electrons.